The normalized spacial score (nSPS) is 23.9. The van der Waals surface area contributed by atoms with E-state index < -0.39 is 23.8 Å². The van der Waals surface area contributed by atoms with Crippen molar-refractivity contribution in [2.75, 3.05) is 33.5 Å². The predicted octanol–water partition coefficient (Wildman–Crippen LogP) is 10.5. The summed E-state index contributed by atoms with van der Waals surface area (Å²) in [7, 11) is 1.53. The number of oxime groups is 1. The Hall–Kier alpha value is -4.26. The van der Waals surface area contributed by atoms with E-state index in [1.165, 1.54) is 64.2 Å². The zero-order valence-electron chi connectivity index (χ0n) is 38.5. The molecule has 1 heterocycles. The predicted molar refractivity (Wildman–Crippen MR) is 248 cm³/mol. The first kappa shape index (κ1) is 49.2. The fourth-order valence-corrected chi connectivity index (χ4v) is 10.5. The second-order valence-corrected chi connectivity index (χ2v) is 18.3. The Morgan fingerprint density at radius 1 is 0.938 bits per heavy atom. The van der Waals surface area contributed by atoms with Crippen molar-refractivity contribution in [1.29, 1.82) is 0 Å². The Morgan fingerprint density at radius 2 is 1.62 bits per heavy atom. The van der Waals surface area contributed by atoms with Crippen molar-refractivity contribution in [1.82, 2.24) is 10.2 Å². The van der Waals surface area contributed by atoms with Crippen LogP contribution >= 0.6 is 0 Å². The zero-order valence-corrected chi connectivity index (χ0v) is 38.5. The lowest BCUT2D eigenvalue weighted by atomic mass is 9.55. The summed E-state index contributed by atoms with van der Waals surface area (Å²) in [6, 6.07) is 11.1. The number of benzene rings is 2. The highest BCUT2D eigenvalue weighted by Crippen LogP contribution is 2.62. The van der Waals surface area contributed by atoms with Gasteiger partial charge in [-0.15, -0.1) is 6.58 Å². The van der Waals surface area contributed by atoms with Crippen molar-refractivity contribution in [3.05, 3.63) is 83.7 Å². The number of rotatable bonds is 28. The SMILES string of the molecule is C=CCO[C@@]12Oc3ccc(OC(=O)NCCCCCCCCCCCC)cc3[C@H]3[C@H](CCCCO)[C@@H](CCCCO)C=C(C(=NOC)C[C@@H]1N(Cc1ccc(F)cc1)C(=O)C1CC1)[C@H]32. The molecule has 1 aliphatic heterocycles. The molecule has 2 amide bonds. The van der Waals surface area contributed by atoms with Gasteiger partial charge in [0.15, 0.2) is 0 Å². The summed E-state index contributed by atoms with van der Waals surface area (Å²) in [5.74, 6) is -1.67. The van der Waals surface area contributed by atoms with Gasteiger partial charge in [-0.2, -0.15) is 0 Å². The zero-order chi connectivity index (χ0) is 45.3. The van der Waals surface area contributed by atoms with Crippen LogP contribution < -0.4 is 14.8 Å². The molecular weight excluding hydrogens is 814 g/mol. The Kier molecular flexibility index (Phi) is 19.1. The molecule has 0 saturated heterocycles. The molecule has 0 aromatic heterocycles. The van der Waals surface area contributed by atoms with Crippen LogP contribution in [0.4, 0.5) is 9.18 Å². The monoisotopic (exact) mass is 888 g/mol. The van der Waals surface area contributed by atoms with Crippen LogP contribution in [0.5, 0.6) is 11.5 Å². The van der Waals surface area contributed by atoms with Gasteiger partial charge in [0.1, 0.15) is 30.5 Å². The quantitative estimate of drug-likeness (QED) is 0.0436. The number of hydrogen-bond acceptors (Lipinski definition) is 9. The van der Waals surface area contributed by atoms with E-state index in [9.17, 15) is 24.2 Å². The number of nitrogens with zero attached hydrogens (tertiary/aromatic N) is 2. The van der Waals surface area contributed by atoms with Crippen molar-refractivity contribution < 1.29 is 43.2 Å². The average molecular weight is 888 g/mol. The highest BCUT2D eigenvalue weighted by molar-refractivity contribution is 6.03. The lowest BCUT2D eigenvalue weighted by Gasteiger charge is -2.60. The summed E-state index contributed by atoms with van der Waals surface area (Å²) in [6.07, 6.45) is 21.9. The molecule has 0 bridgehead atoms. The molecule has 2 aromatic rings. The topological polar surface area (TPSA) is 139 Å². The van der Waals surface area contributed by atoms with Crippen molar-refractivity contribution in [2.45, 2.75) is 153 Å². The van der Waals surface area contributed by atoms with E-state index in [1.807, 2.05) is 17.0 Å². The van der Waals surface area contributed by atoms with Gasteiger partial charge in [0.05, 0.1) is 18.2 Å². The molecule has 0 radical (unpaired) electrons. The minimum Gasteiger partial charge on any atom is -0.459 e. The maximum absolute atomic E-state index is 14.6. The maximum Gasteiger partial charge on any atom is 0.412 e. The number of aliphatic hydroxyl groups is 2. The molecule has 4 aliphatic rings. The number of hydrogen-bond donors (Lipinski definition) is 3. The number of carbonyl (C=O) groups is 2. The van der Waals surface area contributed by atoms with E-state index in [1.54, 1.807) is 24.3 Å². The first-order valence-corrected chi connectivity index (χ1v) is 24.4. The molecule has 2 saturated carbocycles. The lowest BCUT2D eigenvalue weighted by molar-refractivity contribution is -0.258. The summed E-state index contributed by atoms with van der Waals surface area (Å²) >= 11 is 0. The number of fused-ring (bicyclic) bond motifs is 2. The van der Waals surface area contributed by atoms with Gasteiger partial charge in [-0.1, -0.05) is 107 Å². The summed E-state index contributed by atoms with van der Waals surface area (Å²) in [6.45, 7) is 7.30. The number of allylic oxidation sites excluding steroid dienone is 1. The fourth-order valence-electron chi connectivity index (χ4n) is 10.5. The number of unbranched alkanes of at least 4 members (excludes halogenated alkanes) is 11. The Labute approximate surface area is 380 Å². The van der Waals surface area contributed by atoms with Crippen LogP contribution in [0.1, 0.15) is 146 Å². The van der Waals surface area contributed by atoms with Gasteiger partial charge < -0.3 is 39.5 Å². The van der Waals surface area contributed by atoms with Gasteiger partial charge >= 0.3 is 6.09 Å². The molecule has 64 heavy (non-hydrogen) atoms. The summed E-state index contributed by atoms with van der Waals surface area (Å²) in [5, 5.41) is 27.4. The number of halogens is 1. The van der Waals surface area contributed by atoms with Crippen LogP contribution in [0, 0.1) is 29.5 Å². The molecule has 12 heteroatoms. The Morgan fingerprint density at radius 3 is 2.28 bits per heavy atom. The molecule has 6 atom stereocenters. The Bertz CT molecular complexity index is 1870. The molecule has 0 unspecified atom stereocenters. The second-order valence-electron chi connectivity index (χ2n) is 18.3. The third-order valence-corrected chi connectivity index (χ3v) is 13.7. The van der Waals surface area contributed by atoms with Crippen LogP contribution in [0.3, 0.4) is 0 Å². The van der Waals surface area contributed by atoms with Crippen LogP contribution in [0.2, 0.25) is 0 Å². The van der Waals surface area contributed by atoms with Gasteiger partial charge in [0.2, 0.25) is 11.7 Å². The maximum atomic E-state index is 14.6. The minimum atomic E-state index is -1.42. The van der Waals surface area contributed by atoms with Crippen molar-refractivity contribution in [3.63, 3.8) is 0 Å². The molecular formula is C52H74FN3O8. The molecule has 6 rings (SSSR count). The van der Waals surface area contributed by atoms with Crippen LogP contribution in [-0.2, 0) is 20.9 Å². The van der Waals surface area contributed by atoms with E-state index in [0.29, 0.717) is 36.6 Å². The minimum absolute atomic E-state index is 0.0148. The van der Waals surface area contributed by atoms with Gasteiger partial charge in [-0.3, -0.25) is 4.79 Å². The highest BCUT2D eigenvalue weighted by atomic mass is 19.1. The molecule has 3 aliphatic carbocycles. The van der Waals surface area contributed by atoms with Gasteiger partial charge in [-0.05, 0) is 98.2 Å². The van der Waals surface area contributed by atoms with E-state index in [2.05, 4.69) is 30.1 Å². The summed E-state index contributed by atoms with van der Waals surface area (Å²) in [5.41, 5.74) is 3.26. The van der Waals surface area contributed by atoms with Crippen molar-refractivity contribution >= 4 is 17.7 Å². The summed E-state index contributed by atoms with van der Waals surface area (Å²) < 4.78 is 34.6. The summed E-state index contributed by atoms with van der Waals surface area (Å²) in [4.78, 5) is 35.4. The number of aliphatic hydroxyl groups excluding tert-OH is 2. The van der Waals surface area contributed by atoms with E-state index >= 15 is 0 Å². The standard InChI is InChI=1S/C52H74FN3O8/c1-4-6-7-8-9-10-11-12-13-16-29-54-51(60)63-41-27-28-46-44(34-41)48-42(20-15-18-31-58)39(19-14-17-30-57)33-43-45(55-61-3)35-47(52(64-46,49(43)48)62-32-5-2)56(50(59)38-23-24-38)36-37-21-25-40(53)26-22-37/h5,21-22,25-28,33-34,38-39,42,47-49,57-58H,2,4,6-20,23-24,29-32,35-36H2,1,3H3,(H,54,60)/t39-,42+,47-,48+,49+,52+/m0/s1. The largest absolute Gasteiger partial charge is 0.459 e. The highest BCUT2D eigenvalue weighted by Gasteiger charge is 2.66. The third-order valence-electron chi connectivity index (χ3n) is 13.7. The molecule has 3 N–H and O–H groups in total. The number of carbonyl (C=O) groups excluding carboxylic acids is 2. The average Bonchev–Trinajstić information content (AvgIpc) is 4.15. The molecule has 352 valence electrons. The molecule has 2 fully saturated rings. The number of ether oxygens (including phenoxy) is 3. The number of amides is 2. The second kappa shape index (κ2) is 24.9. The smallest absolute Gasteiger partial charge is 0.412 e. The van der Waals surface area contributed by atoms with Crippen LogP contribution in [0.25, 0.3) is 0 Å². The van der Waals surface area contributed by atoms with Gasteiger partial charge in [0.25, 0.3) is 0 Å². The fraction of sp³-hybridized carbons (Fsp3) is 0.635. The molecule has 2 aromatic carbocycles. The van der Waals surface area contributed by atoms with Crippen molar-refractivity contribution in [2.24, 2.45) is 28.8 Å². The van der Waals surface area contributed by atoms with Crippen molar-refractivity contribution in [3.8, 4) is 11.5 Å². The first-order chi connectivity index (χ1) is 31.3. The van der Waals surface area contributed by atoms with E-state index in [0.717, 1.165) is 74.5 Å². The third kappa shape index (κ3) is 12.5. The number of nitrogens with one attached hydrogen (secondary N) is 1. The van der Waals surface area contributed by atoms with Crippen LogP contribution in [-0.4, -0.2) is 78.1 Å². The van der Waals surface area contributed by atoms with E-state index in [4.69, 9.17) is 19.0 Å². The van der Waals surface area contributed by atoms with Crippen LogP contribution in [0.15, 0.2) is 71.9 Å². The molecule has 11 nitrogen and oxygen atoms in total. The lowest BCUT2D eigenvalue weighted by Crippen LogP contribution is -2.70. The van der Waals surface area contributed by atoms with Gasteiger partial charge in [0, 0.05) is 50.1 Å². The Balaban J connectivity index is 1.36. The first-order valence-electron chi connectivity index (χ1n) is 24.4. The van der Waals surface area contributed by atoms with Gasteiger partial charge in [-0.25, -0.2) is 9.18 Å². The van der Waals surface area contributed by atoms with E-state index in [-0.39, 0.29) is 68.2 Å². The molecule has 0 spiro atoms.